The molecule has 0 bridgehead atoms. The van der Waals surface area contributed by atoms with Crippen LogP contribution in [-0.4, -0.2) is 38.7 Å². The number of methoxy groups -OCH3 is 1. The van der Waals surface area contributed by atoms with E-state index in [0.717, 1.165) is 5.56 Å². The Labute approximate surface area is 191 Å². The van der Waals surface area contributed by atoms with Gasteiger partial charge in [0, 0.05) is 5.56 Å². The van der Waals surface area contributed by atoms with E-state index in [9.17, 15) is 23.1 Å². The molecule has 0 aliphatic heterocycles. The highest BCUT2D eigenvalue weighted by molar-refractivity contribution is 5.85. The first-order valence-corrected chi connectivity index (χ1v) is 10.2. The minimum absolute atomic E-state index is 0.00912. The minimum Gasteiger partial charge on any atom is -0.493 e. The lowest BCUT2D eigenvalue weighted by Crippen LogP contribution is -2.36. The third-order valence-electron chi connectivity index (χ3n) is 5.41. The summed E-state index contributed by atoms with van der Waals surface area (Å²) in [5.74, 6) is 0.160. The van der Waals surface area contributed by atoms with Crippen molar-refractivity contribution in [3.63, 3.8) is 0 Å². The number of aliphatic hydroxyl groups excluding tert-OH is 1. The molecule has 4 aromatic rings. The Bertz CT molecular complexity index is 1450. The third kappa shape index (κ3) is 4.13. The SMILES string of the molecule is COc1cc(-c2ccc(C#N)cc2)c(-c2ccc(C)cc2)n2c(=O)n(CC(O)C(F)(F)F)nc12. The molecular formula is C24H19F3N4O3. The van der Waals surface area contributed by atoms with Crippen LogP contribution >= 0.6 is 0 Å². The molecule has 0 aliphatic rings. The summed E-state index contributed by atoms with van der Waals surface area (Å²) in [5.41, 5.74) is 2.79. The zero-order valence-corrected chi connectivity index (χ0v) is 18.2. The number of aryl methyl sites for hydroxylation is 1. The molecule has 0 spiro atoms. The van der Waals surface area contributed by atoms with Crippen LogP contribution in [-0.2, 0) is 6.54 Å². The van der Waals surface area contributed by atoms with Crippen LogP contribution in [0.4, 0.5) is 13.2 Å². The monoisotopic (exact) mass is 468 g/mol. The number of halogens is 3. The van der Waals surface area contributed by atoms with Gasteiger partial charge in [-0.25, -0.2) is 13.9 Å². The summed E-state index contributed by atoms with van der Waals surface area (Å²) in [6, 6.07) is 17.6. The maximum atomic E-state index is 13.3. The van der Waals surface area contributed by atoms with E-state index in [1.165, 1.54) is 11.5 Å². The molecule has 2 heterocycles. The zero-order chi connectivity index (χ0) is 24.6. The fourth-order valence-corrected chi connectivity index (χ4v) is 3.63. The van der Waals surface area contributed by atoms with E-state index in [2.05, 4.69) is 5.10 Å². The number of ether oxygens (including phenoxy) is 1. The predicted molar refractivity (Wildman–Crippen MR) is 118 cm³/mol. The lowest BCUT2D eigenvalue weighted by Gasteiger charge is -2.15. The number of nitriles is 1. The van der Waals surface area contributed by atoms with Gasteiger partial charge in [0.15, 0.2) is 11.9 Å². The molecule has 0 fully saturated rings. The molecule has 2 aromatic heterocycles. The van der Waals surface area contributed by atoms with E-state index in [-0.39, 0.29) is 11.4 Å². The summed E-state index contributed by atoms with van der Waals surface area (Å²) < 4.78 is 46.0. The van der Waals surface area contributed by atoms with Crippen LogP contribution in [0.25, 0.3) is 28.0 Å². The zero-order valence-electron chi connectivity index (χ0n) is 18.2. The van der Waals surface area contributed by atoms with Crippen molar-refractivity contribution in [1.29, 1.82) is 5.26 Å². The van der Waals surface area contributed by atoms with Gasteiger partial charge in [-0.15, -0.1) is 5.10 Å². The summed E-state index contributed by atoms with van der Waals surface area (Å²) >= 11 is 0. The summed E-state index contributed by atoms with van der Waals surface area (Å²) in [5, 5.41) is 22.7. The fraction of sp³-hybridized carbons (Fsp3) is 0.208. The summed E-state index contributed by atoms with van der Waals surface area (Å²) in [4.78, 5) is 13.3. The Hall–Kier alpha value is -4.10. The van der Waals surface area contributed by atoms with E-state index in [1.807, 2.05) is 25.1 Å². The molecule has 2 aromatic carbocycles. The molecule has 0 radical (unpaired) electrons. The normalized spacial score (nSPS) is 12.5. The van der Waals surface area contributed by atoms with Crippen LogP contribution in [0.15, 0.2) is 59.4 Å². The van der Waals surface area contributed by atoms with E-state index in [4.69, 9.17) is 10.00 Å². The number of fused-ring (bicyclic) bond motifs is 1. The standard InChI is InChI=1S/C24H19F3N4O3/c1-14-3-7-17(8-4-14)21-18(16-9-5-15(12-28)6-10-16)11-19(34-2)22-29-30(23(33)31(21)22)13-20(32)24(25,26)27/h3-11,20,32H,13H2,1-2H3. The van der Waals surface area contributed by atoms with Crippen molar-refractivity contribution in [2.24, 2.45) is 0 Å². The molecular weight excluding hydrogens is 449 g/mol. The van der Waals surface area contributed by atoms with Crippen molar-refractivity contribution in [2.45, 2.75) is 25.7 Å². The van der Waals surface area contributed by atoms with Crippen molar-refractivity contribution in [2.75, 3.05) is 7.11 Å². The van der Waals surface area contributed by atoms with Crippen LogP contribution in [0.2, 0.25) is 0 Å². The lowest BCUT2D eigenvalue weighted by molar-refractivity contribution is -0.208. The molecule has 0 saturated heterocycles. The fourth-order valence-electron chi connectivity index (χ4n) is 3.63. The minimum atomic E-state index is -4.91. The Kier molecular flexibility index (Phi) is 5.89. The van der Waals surface area contributed by atoms with Crippen molar-refractivity contribution < 1.29 is 23.0 Å². The van der Waals surface area contributed by atoms with E-state index in [1.54, 1.807) is 42.5 Å². The summed E-state index contributed by atoms with van der Waals surface area (Å²) in [6.45, 7) is 0.838. The number of alkyl halides is 3. The van der Waals surface area contributed by atoms with E-state index in [0.29, 0.717) is 32.6 Å². The second-order valence-electron chi connectivity index (χ2n) is 7.71. The molecule has 1 atom stereocenters. The number of aliphatic hydroxyl groups is 1. The van der Waals surface area contributed by atoms with Crippen LogP contribution < -0.4 is 10.4 Å². The Morgan fingerprint density at radius 3 is 2.29 bits per heavy atom. The van der Waals surface area contributed by atoms with Gasteiger partial charge in [-0.1, -0.05) is 42.0 Å². The largest absolute Gasteiger partial charge is 0.493 e. The van der Waals surface area contributed by atoms with Gasteiger partial charge in [0.25, 0.3) is 0 Å². The van der Waals surface area contributed by atoms with Gasteiger partial charge in [0.2, 0.25) is 5.65 Å². The maximum absolute atomic E-state index is 13.3. The van der Waals surface area contributed by atoms with E-state index < -0.39 is 24.5 Å². The predicted octanol–water partition coefficient (Wildman–Crippen LogP) is 3.94. The van der Waals surface area contributed by atoms with E-state index >= 15 is 0 Å². The van der Waals surface area contributed by atoms with Gasteiger partial charge < -0.3 is 9.84 Å². The summed E-state index contributed by atoms with van der Waals surface area (Å²) in [6.07, 6.45) is -7.67. The third-order valence-corrected chi connectivity index (χ3v) is 5.41. The first-order chi connectivity index (χ1) is 16.1. The first kappa shape index (κ1) is 23.1. The van der Waals surface area contributed by atoms with Crippen LogP contribution in [0, 0.1) is 18.3 Å². The van der Waals surface area contributed by atoms with Gasteiger partial charge in [0.1, 0.15) is 0 Å². The maximum Gasteiger partial charge on any atom is 0.416 e. The van der Waals surface area contributed by atoms with Crippen LogP contribution in [0.5, 0.6) is 5.75 Å². The van der Waals surface area contributed by atoms with Gasteiger partial charge >= 0.3 is 11.9 Å². The highest BCUT2D eigenvalue weighted by Gasteiger charge is 2.39. The average Bonchev–Trinajstić information content (AvgIpc) is 3.14. The highest BCUT2D eigenvalue weighted by Crippen LogP contribution is 2.36. The summed E-state index contributed by atoms with van der Waals surface area (Å²) in [7, 11) is 1.36. The number of aromatic nitrogens is 3. The van der Waals surface area contributed by atoms with Gasteiger partial charge in [-0.2, -0.15) is 18.4 Å². The second kappa shape index (κ2) is 8.68. The molecule has 1 N–H and O–H groups in total. The van der Waals surface area contributed by atoms with Gasteiger partial charge in [-0.3, -0.25) is 0 Å². The number of hydrogen-bond donors (Lipinski definition) is 1. The quantitative estimate of drug-likeness (QED) is 0.479. The molecule has 0 aliphatic carbocycles. The van der Waals surface area contributed by atoms with Gasteiger partial charge in [-0.05, 0) is 36.2 Å². The molecule has 34 heavy (non-hydrogen) atoms. The molecule has 0 saturated carbocycles. The lowest BCUT2D eigenvalue weighted by atomic mass is 9.97. The molecule has 1 unspecified atom stereocenters. The molecule has 0 amide bonds. The first-order valence-electron chi connectivity index (χ1n) is 10.2. The highest BCUT2D eigenvalue weighted by atomic mass is 19.4. The van der Waals surface area contributed by atoms with Crippen molar-refractivity contribution >= 4 is 5.65 Å². The topological polar surface area (TPSA) is 92.5 Å². The molecule has 7 nitrogen and oxygen atoms in total. The molecule has 174 valence electrons. The molecule has 10 heteroatoms. The number of hydrogen-bond acceptors (Lipinski definition) is 5. The van der Waals surface area contributed by atoms with Crippen LogP contribution in [0.1, 0.15) is 11.1 Å². The average molecular weight is 468 g/mol. The molecule has 4 rings (SSSR count). The van der Waals surface area contributed by atoms with Crippen molar-refractivity contribution in [3.8, 4) is 34.2 Å². The number of nitrogens with zero attached hydrogens (tertiary/aromatic N) is 4. The van der Waals surface area contributed by atoms with Crippen LogP contribution in [0.3, 0.4) is 0 Å². The Morgan fingerprint density at radius 1 is 1.12 bits per heavy atom. The number of pyridine rings is 1. The number of benzene rings is 2. The van der Waals surface area contributed by atoms with Crippen molar-refractivity contribution in [1.82, 2.24) is 14.2 Å². The number of rotatable bonds is 5. The Balaban J connectivity index is 2.05. The smallest absolute Gasteiger partial charge is 0.416 e. The van der Waals surface area contributed by atoms with Gasteiger partial charge in [0.05, 0.1) is 31.0 Å². The second-order valence-corrected chi connectivity index (χ2v) is 7.71. The Morgan fingerprint density at radius 2 is 1.74 bits per heavy atom. The van der Waals surface area contributed by atoms with Crippen molar-refractivity contribution in [3.05, 3.63) is 76.2 Å².